The maximum absolute atomic E-state index is 13.8. The van der Waals surface area contributed by atoms with Gasteiger partial charge in [0.05, 0.1) is 5.56 Å². The number of carbonyl (C=O) groups is 1. The third-order valence-electron chi connectivity index (χ3n) is 3.72. The van der Waals surface area contributed by atoms with E-state index < -0.39 is 5.82 Å². The topological polar surface area (TPSA) is 46.3 Å². The van der Waals surface area contributed by atoms with E-state index >= 15 is 0 Å². The van der Waals surface area contributed by atoms with Crippen molar-refractivity contribution in [3.8, 4) is 0 Å². The molecule has 1 amide bonds. The van der Waals surface area contributed by atoms with Crippen LogP contribution in [-0.4, -0.2) is 22.9 Å². The van der Waals surface area contributed by atoms with Gasteiger partial charge in [-0.05, 0) is 44.4 Å². The molecule has 0 saturated carbocycles. The van der Waals surface area contributed by atoms with E-state index in [4.69, 9.17) is 5.73 Å². The molecule has 1 fully saturated rings. The van der Waals surface area contributed by atoms with E-state index in [0.717, 1.165) is 19.3 Å². The highest BCUT2D eigenvalue weighted by Gasteiger charge is 2.34. The molecule has 1 saturated heterocycles. The summed E-state index contributed by atoms with van der Waals surface area (Å²) in [4.78, 5) is 14.2. The predicted molar refractivity (Wildman–Crippen MR) is 69.8 cm³/mol. The van der Waals surface area contributed by atoms with Crippen molar-refractivity contribution in [3.63, 3.8) is 0 Å². The van der Waals surface area contributed by atoms with Crippen molar-refractivity contribution >= 4 is 11.6 Å². The molecule has 3 nitrogen and oxygen atoms in total. The molecule has 0 spiro atoms. The minimum Gasteiger partial charge on any atom is -0.399 e. The molecule has 1 aromatic carbocycles. The summed E-state index contributed by atoms with van der Waals surface area (Å²) in [5, 5.41) is 0. The van der Waals surface area contributed by atoms with E-state index in [9.17, 15) is 9.18 Å². The molecule has 1 aliphatic rings. The quantitative estimate of drug-likeness (QED) is 0.820. The van der Waals surface area contributed by atoms with Crippen LogP contribution < -0.4 is 5.73 Å². The van der Waals surface area contributed by atoms with Crippen LogP contribution in [0.5, 0.6) is 0 Å². The molecule has 1 aromatic rings. The van der Waals surface area contributed by atoms with Crippen LogP contribution in [0.2, 0.25) is 0 Å². The first kappa shape index (κ1) is 12.9. The Kier molecular flexibility index (Phi) is 3.55. The summed E-state index contributed by atoms with van der Waals surface area (Å²) in [6, 6.07) is 4.65. The molecule has 98 valence electrons. The highest BCUT2D eigenvalue weighted by atomic mass is 19.1. The van der Waals surface area contributed by atoms with E-state index in [1.165, 1.54) is 12.1 Å². The Hall–Kier alpha value is -1.58. The molecule has 1 heterocycles. The number of nitrogen functional groups attached to an aromatic ring is 1. The largest absolute Gasteiger partial charge is 0.399 e. The van der Waals surface area contributed by atoms with Crippen LogP contribution in [0, 0.1) is 5.82 Å². The van der Waals surface area contributed by atoms with Crippen molar-refractivity contribution in [2.75, 3.05) is 5.73 Å². The van der Waals surface area contributed by atoms with Gasteiger partial charge in [0.1, 0.15) is 5.82 Å². The second kappa shape index (κ2) is 4.96. The highest BCUT2D eigenvalue weighted by molar-refractivity contribution is 5.95. The SMILES string of the molecule is CCC1CCC(C)N1C(=O)c1ccc(N)cc1F. The maximum Gasteiger partial charge on any atom is 0.257 e. The second-order valence-corrected chi connectivity index (χ2v) is 4.94. The van der Waals surface area contributed by atoms with Crippen LogP contribution in [0.15, 0.2) is 18.2 Å². The molecule has 18 heavy (non-hydrogen) atoms. The normalized spacial score (nSPS) is 23.4. The summed E-state index contributed by atoms with van der Waals surface area (Å²) >= 11 is 0. The van der Waals surface area contributed by atoms with Gasteiger partial charge in [-0.1, -0.05) is 6.92 Å². The molecule has 4 heteroatoms. The fourth-order valence-corrected chi connectivity index (χ4v) is 2.68. The number of nitrogens with two attached hydrogens (primary N) is 1. The number of anilines is 1. The summed E-state index contributed by atoms with van der Waals surface area (Å²) < 4.78 is 13.8. The van der Waals surface area contributed by atoms with Crippen LogP contribution in [0.25, 0.3) is 0 Å². The maximum atomic E-state index is 13.8. The molecule has 0 aliphatic carbocycles. The van der Waals surface area contributed by atoms with Gasteiger partial charge >= 0.3 is 0 Å². The minimum atomic E-state index is -0.533. The Labute approximate surface area is 107 Å². The smallest absolute Gasteiger partial charge is 0.257 e. The van der Waals surface area contributed by atoms with Gasteiger partial charge < -0.3 is 10.6 Å². The lowest BCUT2D eigenvalue weighted by Gasteiger charge is -2.28. The monoisotopic (exact) mass is 250 g/mol. The van der Waals surface area contributed by atoms with Crippen molar-refractivity contribution in [3.05, 3.63) is 29.6 Å². The van der Waals surface area contributed by atoms with Crippen LogP contribution >= 0.6 is 0 Å². The Balaban J connectivity index is 2.30. The van der Waals surface area contributed by atoms with Gasteiger partial charge in [0.25, 0.3) is 5.91 Å². The lowest BCUT2D eigenvalue weighted by atomic mass is 10.1. The van der Waals surface area contributed by atoms with Gasteiger partial charge in [0.15, 0.2) is 0 Å². The Morgan fingerprint density at radius 1 is 1.50 bits per heavy atom. The van der Waals surface area contributed by atoms with Crippen molar-refractivity contribution in [1.82, 2.24) is 4.90 Å². The van der Waals surface area contributed by atoms with Crippen LogP contribution in [0.1, 0.15) is 43.5 Å². The third-order valence-corrected chi connectivity index (χ3v) is 3.72. The first-order valence-corrected chi connectivity index (χ1v) is 6.42. The van der Waals surface area contributed by atoms with Crippen molar-refractivity contribution < 1.29 is 9.18 Å². The summed E-state index contributed by atoms with van der Waals surface area (Å²) in [6.45, 7) is 4.07. The predicted octanol–water partition coefficient (Wildman–Crippen LogP) is 2.81. The molecule has 2 rings (SSSR count). The zero-order chi connectivity index (χ0) is 13.3. The number of carbonyl (C=O) groups excluding carboxylic acids is 1. The standard InChI is InChI=1S/C14H19FN2O/c1-3-11-6-4-9(2)17(11)14(18)12-7-5-10(16)8-13(12)15/h5,7-9,11H,3-4,6,16H2,1-2H3. The van der Waals surface area contributed by atoms with E-state index in [-0.39, 0.29) is 23.6 Å². The minimum absolute atomic E-state index is 0.122. The number of rotatable bonds is 2. The lowest BCUT2D eigenvalue weighted by molar-refractivity contribution is 0.0671. The number of hydrogen-bond acceptors (Lipinski definition) is 2. The molecular weight excluding hydrogens is 231 g/mol. The van der Waals surface area contributed by atoms with Crippen LogP contribution in [-0.2, 0) is 0 Å². The number of halogens is 1. The van der Waals surface area contributed by atoms with Crippen LogP contribution in [0.4, 0.5) is 10.1 Å². The van der Waals surface area contributed by atoms with Gasteiger partial charge in [-0.3, -0.25) is 4.79 Å². The first-order valence-electron chi connectivity index (χ1n) is 6.42. The summed E-state index contributed by atoms with van der Waals surface area (Å²) in [5.74, 6) is -0.752. The van der Waals surface area contributed by atoms with E-state index in [2.05, 4.69) is 6.92 Å². The molecular formula is C14H19FN2O. The first-order chi connectivity index (χ1) is 8.54. The molecule has 2 atom stereocenters. The Bertz CT molecular complexity index is 461. The number of amides is 1. The van der Waals surface area contributed by atoms with Crippen molar-refractivity contribution in [2.24, 2.45) is 0 Å². The molecule has 2 unspecified atom stereocenters. The van der Waals surface area contributed by atoms with Gasteiger partial charge in [0, 0.05) is 17.8 Å². The molecule has 0 radical (unpaired) electrons. The van der Waals surface area contributed by atoms with E-state index in [0.29, 0.717) is 5.69 Å². The van der Waals surface area contributed by atoms with E-state index in [1.807, 2.05) is 11.8 Å². The molecule has 1 aliphatic heterocycles. The van der Waals surface area contributed by atoms with Gasteiger partial charge in [0.2, 0.25) is 0 Å². The lowest BCUT2D eigenvalue weighted by Crippen LogP contribution is -2.40. The van der Waals surface area contributed by atoms with Gasteiger partial charge in [-0.15, -0.1) is 0 Å². The van der Waals surface area contributed by atoms with Crippen molar-refractivity contribution in [1.29, 1.82) is 0 Å². The van der Waals surface area contributed by atoms with Crippen molar-refractivity contribution in [2.45, 2.75) is 45.2 Å². The summed E-state index contributed by atoms with van der Waals surface area (Å²) in [6.07, 6.45) is 2.90. The fourth-order valence-electron chi connectivity index (χ4n) is 2.68. The highest BCUT2D eigenvalue weighted by Crippen LogP contribution is 2.28. The Morgan fingerprint density at radius 3 is 2.83 bits per heavy atom. The Morgan fingerprint density at radius 2 is 2.22 bits per heavy atom. The van der Waals surface area contributed by atoms with Gasteiger partial charge in [-0.2, -0.15) is 0 Å². The zero-order valence-corrected chi connectivity index (χ0v) is 10.8. The van der Waals surface area contributed by atoms with E-state index in [1.54, 1.807) is 6.07 Å². The number of nitrogens with zero attached hydrogens (tertiary/aromatic N) is 1. The van der Waals surface area contributed by atoms with Gasteiger partial charge in [-0.25, -0.2) is 4.39 Å². The summed E-state index contributed by atoms with van der Waals surface area (Å²) in [7, 11) is 0. The molecule has 0 bridgehead atoms. The fraction of sp³-hybridized carbons (Fsp3) is 0.500. The second-order valence-electron chi connectivity index (χ2n) is 4.94. The number of benzene rings is 1. The zero-order valence-electron chi connectivity index (χ0n) is 10.8. The third kappa shape index (κ3) is 2.19. The summed E-state index contributed by atoms with van der Waals surface area (Å²) in [5.41, 5.74) is 5.96. The number of likely N-dealkylation sites (tertiary alicyclic amines) is 1. The average molecular weight is 250 g/mol. The van der Waals surface area contributed by atoms with Crippen LogP contribution in [0.3, 0.4) is 0 Å². The number of hydrogen-bond donors (Lipinski definition) is 1. The molecule has 2 N–H and O–H groups in total. The molecule has 0 aromatic heterocycles. The average Bonchev–Trinajstić information content (AvgIpc) is 2.69.